The highest BCUT2D eigenvalue weighted by atomic mass is 32.1. The standard InChI is InChI=1S/C19H18N4OS/c24-19(15-5-2-1-3-6-15)23-12-10-22(11-13-23)18-9-8-16(20-21-18)17-7-4-14-25-17/h1-9,14H,10-13H2. The fourth-order valence-electron chi connectivity index (χ4n) is 2.95. The summed E-state index contributed by atoms with van der Waals surface area (Å²) in [5.41, 5.74) is 1.65. The van der Waals surface area contributed by atoms with Crippen LogP contribution in [0.2, 0.25) is 0 Å². The molecule has 126 valence electrons. The van der Waals surface area contributed by atoms with Crippen LogP contribution in [0.15, 0.2) is 60.0 Å². The van der Waals surface area contributed by atoms with Gasteiger partial charge >= 0.3 is 0 Å². The lowest BCUT2D eigenvalue weighted by Gasteiger charge is -2.35. The second-order valence-corrected chi connectivity index (χ2v) is 6.85. The molecular formula is C19H18N4OS. The summed E-state index contributed by atoms with van der Waals surface area (Å²) in [7, 11) is 0. The number of rotatable bonds is 3. The van der Waals surface area contributed by atoms with Gasteiger partial charge in [0.05, 0.1) is 4.88 Å². The summed E-state index contributed by atoms with van der Waals surface area (Å²) in [6.07, 6.45) is 0. The normalized spacial score (nSPS) is 14.6. The summed E-state index contributed by atoms with van der Waals surface area (Å²) in [6, 6.07) is 17.5. The van der Waals surface area contributed by atoms with Crippen LogP contribution in [0, 0.1) is 0 Å². The number of hydrogen-bond donors (Lipinski definition) is 0. The number of hydrogen-bond acceptors (Lipinski definition) is 5. The van der Waals surface area contributed by atoms with Gasteiger partial charge in [-0.3, -0.25) is 4.79 Å². The summed E-state index contributed by atoms with van der Waals surface area (Å²) in [4.78, 5) is 17.7. The summed E-state index contributed by atoms with van der Waals surface area (Å²) in [6.45, 7) is 2.93. The molecule has 6 heteroatoms. The number of piperazine rings is 1. The molecule has 1 saturated heterocycles. The number of benzene rings is 1. The number of amides is 1. The number of nitrogens with zero attached hydrogens (tertiary/aromatic N) is 4. The van der Waals surface area contributed by atoms with Crippen molar-refractivity contribution in [2.75, 3.05) is 31.1 Å². The molecule has 1 fully saturated rings. The Bertz CT molecular complexity index is 826. The third-order valence-corrected chi connectivity index (χ3v) is 5.23. The molecule has 1 aromatic carbocycles. The molecule has 0 atom stereocenters. The lowest BCUT2D eigenvalue weighted by Crippen LogP contribution is -2.49. The molecule has 0 aliphatic carbocycles. The van der Waals surface area contributed by atoms with Crippen molar-refractivity contribution in [2.24, 2.45) is 0 Å². The third kappa shape index (κ3) is 3.39. The van der Waals surface area contributed by atoms with E-state index in [4.69, 9.17) is 0 Å². The van der Waals surface area contributed by atoms with Crippen molar-refractivity contribution in [3.8, 4) is 10.6 Å². The second kappa shape index (κ2) is 7.03. The molecule has 1 amide bonds. The lowest BCUT2D eigenvalue weighted by molar-refractivity contribution is 0.0746. The predicted molar refractivity (Wildman–Crippen MR) is 99.9 cm³/mol. The van der Waals surface area contributed by atoms with E-state index in [1.807, 2.05) is 64.9 Å². The van der Waals surface area contributed by atoms with E-state index in [1.165, 1.54) is 0 Å². The van der Waals surface area contributed by atoms with Crippen molar-refractivity contribution >= 4 is 23.1 Å². The largest absolute Gasteiger partial charge is 0.352 e. The van der Waals surface area contributed by atoms with Crippen molar-refractivity contribution in [1.82, 2.24) is 15.1 Å². The van der Waals surface area contributed by atoms with Crippen molar-refractivity contribution in [2.45, 2.75) is 0 Å². The maximum Gasteiger partial charge on any atom is 0.253 e. The van der Waals surface area contributed by atoms with Gasteiger partial charge in [0.25, 0.3) is 5.91 Å². The minimum absolute atomic E-state index is 0.0966. The van der Waals surface area contributed by atoms with E-state index >= 15 is 0 Å². The number of carbonyl (C=O) groups is 1. The van der Waals surface area contributed by atoms with Gasteiger partial charge < -0.3 is 9.80 Å². The van der Waals surface area contributed by atoms with E-state index < -0.39 is 0 Å². The first kappa shape index (κ1) is 15.8. The highest BCUT2D eigenvalue weighted by Crippen LogP contribution is 2.23. The van der Waals surface area contributed by atoms with Crippen LogP contribution in [-0.2, 0) is 0 Å². The average Bonchev–Trinajstić information content (AvgIpc) is 3.23. The van der Waals surface area contributed by atoms with Gasteiger partial charge in [0.1, 0.15) is 5.69 Å². The van der Waals surface area contributed by atoms with Crippen LogP contribution in [0.1, 0.15) is 10.4 Å². The van der Waals surface area contributed by atoms with E-state index in [2.05, 4.69) is 15.1 Å². The fraction of sp³-hybridized carbons (Fsp3) is 0.211. The Balaban J connectivity index is 1.39. The van der Waals surface area contributed by atoms with Crippen LogP contribution < -0.4 is 4.90 Å². The number of carbonyl (C=O) groups excluding carboxylic acids is 1. The van der Waals surface area contributed by atoms with Crippen LogP contribution in [0.3, 0.4) is 0 Å². The Morgan fingerprint density at radius 2 is 1.68 bits per heavy atom. The summed E-state index contributed by atoms with van der Waals surface area (Å²) in [5.74, 6) is 0.964. The smallest absolute Gasteiger partial charge is 0.253 e. The molecule has 0 spiro atoms. The van der Waals surface area contributed by atoms with Crippen molar-refractivity contribution in [1.29, 1.82) is 0 Å². The zero-order chi connectivity index (χ0) is 17.1. The highest BCUT2D eigenvalue weighted by Gasteiger charge is 2.22. The van der Waals surface area contributed by atoms with Gasteiger partial charge in [-0.05, 0) is 35.7 Å². The van der Waals surface area contributed by atoms with Gasteiger partial charge in [0.15, 0.2) is 5.82 Å². The van der Waals surface area contributed by atoms with Crippen LogP contribution in [-0.4, -0.2) is 47.2 Å². The Morgan fingerprint density at radius 3 is 2.32 bits per heavy atom. The summed E-state index contributed by atoms with van der Waals surface area (Å²) < 4.78 is 0. The molecule has 0 bridgehead atoms. The average molecular weight is 350 g/mol. The molecule has 0 unspecified atom stereocenters. The molecule has 1 aliphatic rings. The highest BCUT2D eigenvalue weighted by molar-refractivity contribution is 7.13. The minimum atomic E-state index is 0.0966. The Labute approximate surface area is 150 Å². The van der Waals surface area contributed by atoms with Crippen LogP contribution in [0.25, 0.3) is 10.6 Å². The second-order valence-electron chi connectivity index (χ2n) is 5.90. The van der Waals surface area contributed by atoms with Gasteiger partial charge in [-0.25, -0.2) is 0 Å². The molecule has 4 rings (SSSR count). The Kier molecular flexibility index (Phi) is 4.43. The topological polar surface area (TPSA) is 49.3 Å². The molecule has 0 radical (unpaired) electrons. The van der Waals surface area contributed by atoms with E-state index in [1.54, 1.807) is 11.3 Å². The van der Waals surface area contributed by atoms with Crippen molar-refractivity contribution in [3.63, 3.8) is 0 Å². The third-order valence-electron chi connectivity index (χ3n) is 4.34. The predicted octanol–water partition coefficient (Wildman–Crippen LogP) is 3.17. The van der Waals surface area contributed by atoms with E-state index in [-0.39, 0.29) is 5.91 Å². The number of anilines is 1. The summed E-state index contributed by atoms with van der Waals surface area (Å²) in [5, 5.41) is 10.7. The quantitative estimate of drug-likeness (QED) is 0.728. The van der Waals surface area contributed by atoms with Gasteiger partial charge in [-0.1, -0.05) is 24.3 Å². The van der Waals surface area contributed by atoms with Gasteiger partial charge in [-0.15, -0.1) is 21.5 Å². The van der Waals surface area contributed by atoms with E-state index in [0.29, 0.717) is 13.1 Å². The van der Waals surface area contributed by atoms with Crippen LogP contribution >= 0.6 is 11.3 Å². The lowest BCUT2D eigenvalue weighted by atomic mass is 10.2. The van der Waals surface area contributed by atoms with Gasteiger partial charge in [0.2, 0.25) is 0 Å². The zero-order valence-corrected chi connectivity index (χ0v) is 14.5. The first-order valence-corrected chi connectivity index (χ1v) is 9.16. The first-order chi connectivity index (χ1) is 12.3. The maximum atomic E-state index is 12.5. The van der Waals surface area contributed by atoms with Crippen LogP contribution in [0.5, 0.6) is 0 Å². The van der Waals surface area contributed by atoms with Crippen molar-refractivity contribution < 1.29 is 4.79 Å². The fourth-order valence-corrected chi connectivity index (χ4v) is 3.64. The zero-order valence-electron chi connectivity index (χ0n) is 13.7. The van der Waals surface area contributed by atoms with E-state index in [0.717, 1.165) is 35.0 Å². The van der Waals surface area contributed by atoms with E-state index in [9.17, 15) is 4.79 Å². The molecule has 0 N–H and O–H groups in total. The molecule has 3 heterocycles. The molecule has 25 heavy (non-hydrogen) atoms. The Hall–Kier alpha value is -2.73. The first-order valence-electron chi connectivity index (χ1n) is 8.28. The van der Waals surface area contributed by atoms with Crippen molar-refractivity contribution in [3.05, 3.63) is 65.5 Å². The summed E-state index contributed by atoms with van der Waals surface area (Å²) >= 11 is 1.66. The SMILES string of the molecule is O=C(c1ccccc1)N1CCN(c2ccc(-c3cccs3)nn2)CC1. The molecular weight excluding hydrogens is 332 g/mol. The van der Waals surface area contributed by atoms with Gasteiger partial charge in [-0.2, -0.15) is 0 Å². The van der Waals surface area contributed by atoms with Crippen LogP contribution in [0.4, 0.5) is 5.82 Å². The minimum Gasteiger partial charge on any atom is -0.352 e. The van der Waals surface area contributed by atoms with Gasteiger partial charge in [0, 0.05) is 31.7 Å². The molecule has 5 nitrogen and oxygen atoms in total. The Morgan fingerprint density at radius 1 is 0.880 bits per heavy atom. The monoisotopic (exact) mass is 350 g/mol. The molecule has 0 saturated carbocycles. The molecule has 2 aromatic heterocycles. The number of aromatic nitrogens is 2. The number of thiophene rings is 1. The maximum absolute atomic E-state index is 12.5. The molecule has 1 aliphatic heterocycles. The molecule has 3 aromatic rings.